The Bertz CT molecular complexity index is 264. The van der Waals surface area contributed by atoms with Crippen LogP contribution in [0.1, 0.15) is 12.0 Å². The molecule has 1 rings (SSSR count). The van der Waals surface area contributed by atoms with Gasteiger partial charge in [0.05, 0.1) is 19.8 Å². The van der Waals surface area contributed by atoms with Crippen molar-refractivity contribution in [3.8, 4) is 0 Å². The van der Waals surface area contributed by atoms with Gasteiger partial charge in [-0.25, -0.2) is 0 Å². The highest BCUT2D eigenvalue weighted by Gasteiger charge is 2.02. The van der Waals surface area contributed by atoms with Crippen LogP contribution in [0.15, 0.2) is 30.3 Å². The van der Waals surface area contributed by atoms with Gasteiger partial charge in [0.1, 0.15) is 0 Å². The lowest BCUT2D eigenvalue weighted by Crippen LogP contribution is -2.27. The summed E-state index contributed by atoms with van der Waals surface area (Å²) in [6, 6.07) is 10.5. The Morgan fingerprint density at radius 2 is 1.94 bits per heavy atom. The van der Waals surface area contributed by atoms with E-state index in [4.69, 9.17) is 15.2 Å². The van der Waals surface area contributed by atoms with Crippen LogP contribution in [0.2, 0.25) is 0 Å². The Kier molecular flexibility index (Phi) is 6.81. The summed E-state index contributed by atoms with van der Waals surface area (Å²) >= 11 is 0. The van der Waals surface area contributed by atoms with Crippen LogP contribution in [0.5, 0.6) is 0 Å². The maximum Gasteiger partial charge on any atom is 0.0701 e. The summed E-state index contributed by atoms with van der Waals surface area (Å²) < 4.78 is 10.3. The summed E-state index contributed by atoms with van der Waals surface area (Å²) in [7, 11) is 1.67. The molecule has 1 aromatic carbocycles. The molecule has 3 nitrogen and oxygen atoms in total. The molecule has 0 amide bonds. The fourth-order valence-electron chi connectivity index (χ4n) is 1.46. The zero-order valence-corrected chi connectivity index (χ0v) is 9.89. The van der Waals surface area contributed by atoms with E-state index in [2.05, 4.69) is 24.3 Å². The predicted octanol–water partition coefficient (Wildman–Crippen LogP) is 1.61. The molecule has 0 bridgehead atoms. The lowest BCUT2D eigenvalue weighted by atomic mass is 10.1. The first-order valence-corrected chi connectivity index (χ1v) is 5.69. The fraction of sp³-hybridized carbons (Fsp3) is 0.538. The van der Waals surface area contributed by atoms with Crippen LogP contribution in [-0.4, -0.2) is 33.0 Å². The molecule has 0 saturated carbocycles. The normalized spacial score (nSPS) is 12.6. The maximum atomic E-state index is 5.94. The summed E-state index contributed by atoms with van der Waals surface area (Å²) in [5, 5.41) is 0. The van der Waals surface area contributed by atoms with Crippen molar-refractivity contribution in [2.75, 3.05) is 26.9 Å². The van der Waals surface area contributed by atoms with Gasteiger partial charge in [0, 0.05) is 13.2 Å². The average molecular weight is 223 g/mol. The van der Waals surface area contributed by atoms with E-state index >= 15 is 0 Å². The van der Waals surface area contributed by atoms with Gasteiger partial charge in [-0.05, 0) is 18.4 Å². The second-order valence-electron chi connectivity index (χ2n) is 3.85. The first-order chi connectivity index (χ1) is 7.83. The predicted molar refractivity (Wildman–Crippen MR) is 65.4 cm³/mol. The lowest BCUT2D eigenvalue weighted by molar-refractivity contribution is 0.0627. The molecule has 0 aromatic heterocycles. The minimum absolute atomic E-state index is 0.108. The van der Waals surface area contributed by atoms with Crippen LogP contribution in [-0.2, 0) is 15.9 Å². The Hall–Kier alpha value is -0.900. The van der Waals surface area contributed by atoms with E-state index in [-0.39, 0.29) is 6.04 Å². The van der Waals surface area contributed by atoms with Gasteiger partial charge in [-0.3, -0.25) is 0 Å². The van der Waals surface area contributed by atoms with Gasteiger partial charge in [-0.15, -0.1) is 0 Å². The molecule has 0 fully saturated rings. The second-order valence-corrected chi connectivity index (χ2v) is 3.85. The smallest absolute Gasteiger partial charge is 0.0701 e. The molecule has 0 heterocycles. The van der Waals surface area contributed by atoms with Gasteiger partial charge in [-0.1, -0.05) is 30.3 Å². The summed E-state index contributed by atoms with van der Waals surface area (Å²) in [6.45, 7) is 1.86. The average Bonchev–Trinajstić information content (AvgIpc) is 2.33. The van der Waals surface area contributed by atoms with Crippen molar-refractivity contribution in [2.24, 2.45) is 5.73 Å². The minimum atomic E-state index is 0.108. The van der Waals surface area contributed by atoms with Gasteiger partial charge in [-0.2, -0.15) is 0 Å². The van der Waals surface area contributed by atoms with Gasteiger partial charge in [0.15, 0.2) is 0 Å². The Morgan fingerprint density at radius 1 is 1.19 bits per heavy atom. The number of ether oxygens (including phenoxy) is 2. The van der Waals surface area contributed by atoms with Crippen molar-refractivity contribution in [3.05, 3.63) is 35.9 Å². The largest absolute Gasteiger partial charge is 0.382 e. The third-order valence-corrected chi connectivity index (χ3v) is 2.41. The van der Waals surface area contributed by atoms with Gasteiger partial charge in [0.25, 0.3) is 0 Å². The zero-order chi connectivity index (χ0) is 11.6. The fourth-order valence-corrected chi connectivity index (χ4v) is 1.46. The van der Waals surface area contributed by atoms with Crippen molar-refractivity contribution in [2.45, 2.75) is 18.9 Å². The third-order valence-electron chi connectivity index (χ3n) is 2.41. The first-order valence-electron chi connectivity index (χ1n) is 5.69. The SMILES string of the molecule is COCCOCC(N)CCc1ccccc1. The van der Waals surface area contributed by atoms with Crippen LogP contribution in [0, 0.1) is 0 Å². The van der Waals surface area contributed by atoms with Crippen LogP contribution < -0.4 is 5.73 Å². The Balaban J connectivity index is 2.08. The molecular formula is C13H21NO2. The second kappa shape index (κ2) is 8.28. The molecule has 1 atom stereocenters. The van der Waals surface area contributed by atoms with Crippen molar-refractivity contribution in [1.29, 1.82) is 0 Å². The van der Waals surface area contributed by atoms with Crippen LogP contribution >= 0.6 is 0 Å². The maximum absolute atomic E-state index is 5.94. The molecule has 90 valence electrons. The lowest BCUT2D eigenvalue weighted by Gasteiger charge is -2.11. The standard InChI is InChI=1S/C13H21NO2/c1-15-9-10-16-11-13(14)8-7-12-5-3-2-4-6-12/h2-6,13H,7-11,14H2,1H3. The topological polar surface area (TPSA) is 44.5 Å². The van der Waals surface area contributed by atoms with Crippen LogP contribution in [0.25, 0.3) is 0 Å². The summed E-state index contributed by atoms with van der Waals surface area (Å²) in [5.41, 5.74) is 7.27. The van der Waals surface area contributed by atoms with E-state index in [1.165, 1.54) is 5.56 Å². The van der Waals surface area contributed by atoms with E-state index in [9.17, 15) is 0 Å². The van der Waals surface area contributed by atoms with Crippen molar-refractivity contribution >= 4 is 0 Å². The van der Waals surface area contributed by atoms with E-state index in [1.54, 1.807) is 7.11 Å². The molecule has 0 aliphatic rings. The summed E-state index contributed by atoms with van der Waals surface area (Å²) in [5.74, 6) is 0. The van der Waals surface area contributed by atoms with E-state index in [0.29, 0.717) is 19.8 Å². The molecule has 2 N–H and O–H groups in total. The Morgan fingerprint density at radius 3 is 2.62 bits per heavy atom. The minimum Gasteiger partial charge on any atom is -0.382 e. The quantitative estimate of drug-likeness (QED) is 0.681. The molecule has 0 saturated heterocycles. The molecule has 16 heavy (non-hydrogen) atoms. The third kappa shape index (κ3) is 5.85. The summed E-state index contributed by atoms with van der Waals surface area (Å²) in [6.07, 6.45) is 1.96. The first kappa shape index (κ1) is 13.2. The number of hydrogen-bond donors (Lipinski definition) is 1. The summed E-state index contributed by atoms with van der Waals surface area (Å²) in [4.78, 5) is 0. The number of aryl methyl sites for hydroxylation is 1. The van der Waals surface area contributed by atoms with E-state index in [1.807, 2.05) is 6.07 Å². The molecule has 0 aliphatic heterocycles. The van der Waals surface area contributed by atoms with Gasteiger partial charge in [0.2, 0.25) is 0 Å². The molecule has 3 heteroatoms. The van der Waals surface area contributed by atoms with Crippen molar-refractivity contribution < 1.29 is 9.47 Å². The number of hydrogen-bond acceptors (Lipinski definition) is 3. The molecule has 0 spiro atoms. The Labute approximate surface area is 97.6 Å². The van der Waals surface area contributed by atoms with Crippen LogP contribution in [0.4, 0.5) is 0 Å². The van der Waals surface area contributed by atoms with E-state index < -0.39 is 0 Å². The highest BCUT2D eigenvalue weighted by atomic mass is 16.5. The van der Waals surface area contributed by atoms with Gasteiger partial charge < -0.3 is 15.2 Å². The monoisotopic (exact) mass is 223 g/mol. The molecule has 1 aromatic rings. The van der Waals surface area contributed by atoms with E-state index in [0.717, 1.165) is 12.8 Å². The number of methoxy groups -OCH3 is 1. The number of rotatable bonds is 8. The molecule has 0 radical (unpaired) electrons. The van der Waals surface area contributed by atoms with Crippen LogP contribution in [0.3, 0.4) is 0 Å². The van der Waals surface area contributed by atoms with Crippen molar-refractivity contribution in [1.82, 2.24) is 0 Å². The van der Waals surface area contributed by atoms with Gasteiger partial charge >= 0.3 is 0 Å². The van der Waals surface area contributed by atoms with Crippen molar-refractivity contribution in [3.63, 3.8) is 0 Å². The molecule has 1 unspecified atom stereocenters. The highest BCUT2D eigenvalue weighted by molar-refractivity contribution is 5.14. The molecule has 0 aliphatic carbocycles. The zero-order valence-electron chi connectivity index (χ0n) is 9.89. The highest BCUT2D eigenvalue weighted by Crippen LogP contribution is 2.04. The number of nitrogens with two attached hydrogens (primary N) is 1. The molecular weight excluding hydrogens is 202 g/mol. The number of benzene rings is 1.